The zero-order valence-electron chi connectivity index (χ0n) is 15.0. The van der Waals surface area contributed by atoms with E-state index in [0.29, 0.717) is 12.6 Å². The Bertz CT molecular complexity index is 697. The Balaban J connectivity index is 1.67. The molecule has 2 heterocycles. The first-order chi connectivity index (χ1) is 11.8. The monoisotopic (exact) mass is 344 g/mol. The second-order valence-electron chi connectivity index (χ2n) is 7.37. The van der Waals surface area contributed by atoms with Crippen molar-refractivity contribution in [2.45, 2.75) is 32.4 Å². The van der Waals surface area contributed by atoms with E-state index in [4.69, 9.17) is 0 Å². The Labute approximate surface area is 148 Å². The number of benzene rings is 1. The fraction of sp³-hybridized carbons (Fsp3) is 0.474. The third-order valence-electron chi connectivity index (χ3n) is 4.41. The Kier molecular flexibility index (Phi) is 5.01. The number of aromatic nitrogens is 2. The second kappa shape index (κ2) is 7.06. The summed E-state index contributed by atoms with van der Waals surface area (Å²) in [6.07, 6.45) is 0. The highest BCUT2D eigenvalue weighted by molar-refractivity contribution is 5.59. The number of hydrogen-bond acceptors (Lipinski definition) is 5. The minimum absolute atomic E-state index is 0.258. The molecule has 0 aliphatic carbocycles. The van der Waals surface area contributed by atoms with Crippen LogP contribution in [0.3, 0.4) is 0 Å². The van der Waals surface area contributed by atoms with E-state index in [1.165, 1.54) is 12.1 Å². The van der Waals surface area contributed by atoms with Crippen molar-refractivity contribution in [2.24, 2.45) is 0 Å². The summed E-state index contributed by atoms with van der Waals surface area (Å²) in [6.45, 7) is 9.11. The number of β-amino-alcohol motifs (C(OH)–C–C–N with tert-alkyl or cyclic N) is 1. The Hall–Kier alpha value is -2.05. The van der Waals surface area contributed by atoms with Crippen LogP contribution >= 0.6 is 0 Å². The Morgan fingerprint density at radius 3 is 2.40 bits per heavy atom. The van der Waals surface area contributed by atoms with E-state index in [9.17, 15) is 9.50 Å². The predicted octanol–water partition coefficient (Wildman–Crippen LogP) is 2.56. The molecule has 1 aromatic carbocycles. The summed E-state index contributed by atoms with van der Waals surface area (Å²) in [6, 6.07) is 10.4. The number of hydrogen-bond donors (Lipinski definition) is 1. The molecule has 2 aromatic rings. The van der Waals surface area contributed by atoms with Crippen LogP contribution in [0.5, 0.6) is 0 Å². The molecule has 3 rings (SSSR count). The van der Waals surface area contributed by atoms with Crippen LogP contribution in [0.15, 0.2) is 36.4 Å². The van der Waals surface area contributed by atoms with Crippen molar-refractivity contribution >= 4 is 5.82 Å². The maximum atomic E-state index is 13.0. The van der Waals surface area contributed by atoms with Crippen LogP contribution in [0.2, 0.25) is 0 Å². The molecule has 1 unspecified atom stereocenters. The van der Waals surface area contributed by atoms with E-state index < -0.39 is 5.60 Å². The van der Waals surface area contributed by atoms with Gasteiger partial charge in [-0.25, -0.2) is 4.39 Å². The minimum Gasteiger partial charge on any atom is -0.389 e. The molecule has 1 aliphatic rings. The fourth-order valence-electron chi connectivity index (χ4n) is 3.32. The lowest BCUT2D eigenvalue weighted by Gasteiger charge is -2.42. The molecule has 1 fully saturated rings. The number of aliphatic hydroxyl groups is 1. The van der Waals surface area contributed by atoms with Crippen molar-refractivity contribution in [3.63, 3.8) is 0 Å². The Morgan fingerprint density at radius 1 is 1.12 bits per heavy atom. The van der Waals surface area contributed by atoms with Gasteiger partial charge in [0.15, 0.2) is 5.82 Å². The molecular weight excluding hydrogens is 319 g/mol. The first-order valence-corrected chi connectivity index (χ1v) is 8.63. The van der Waals surface area contributed by atoms with Crippen molar-refractivity contribution in [3.8, 4) is 11.3 Å². The third-order valence-corrected chi connectivity index (χ3v) is 4.41. The van der Waals surface area contributed by atoms with E-state index in [1.807, 2.05) is 26.0 Å². The predicted molar refractivity (Wildman–Crippen MR) is 97.0 cm³/mol. The van der Waals surface area contributed by atoms with Gasteiger partial charge < -0.3 is 10.0 Å². The van der Waals surface area contributed by atoms with Gasteiger partial charge in [-0.3, -0.25) is 4.90 Å². The molecule has 5 nitrogen and oxygen atoms in total. The van der Waals surface area contributed by atoms with Crippen LogP contribution in [0.25, 0.3) is 11.3 Å². The van der Waals surface area contributed by atoms with Crippen molar-refractivity contribution < 1.29 is 9.50 Å². The maximum Gasteiger partial charge on any atom is 0.151 e. The van der Waals surface area contributed by atoms with Gasteiger partial charge in [0.1, 0.15) is 5.82 Å². The van der Waals surface area contributed by atoms with Gasteiger partial charge in [-0.1, -0.05) is 0 Å². The standard InChI is InChI=1S/C19H25FN4O/c1-14-12-23(13-19(2,3)25)10-11-24(14)18-9-8-17(21-22-18)15-4-6-16(20)7-5-15/h4-9,14,25H,10-13H2,1-3H3. The zero-order valence-corrected chi connectivity index (χ0v) is 15.0. The molecule has 6 heteroatoms. The lowest BCUT2D eigenvalue weighted by molar-refractivity contribution is 0.0307. The number of piperazine rings is 1. The van der Waals surface area contributed by atoms with Crippen molar-refractivity contribution in [2.75, 3.05) is 31.1 Å². The fourth-order valence-corrected chi connectivity index (χ4v) is 3.32. The van der Waals surface area contributed by atoms with Gasteiger partial charge in [0, 0.05) is 37.8 Å². The normalized spacial score (nSPS) is 19.2. The zero-order chi connectivity index (χ0) is 18.0. The molecular formula is C19H25FN4O. The molecule has 25 heavy (non-hydrogen) atoms. The summed E-state index contributed by atoms with van der Waals surface area (Å²) in [5, 5.41) is 18.7. The van der Waals surface area contributed by atoms with Crippen LogP contribution in [0, 0.1) is 5.82 Å². The molecule has 134 valence electrons. The number of halogens is 1. The quantitative estimate of drug-likeness (QED) is 0.924. The summed E-state index contributed by atoms with van der Waals surface area (Å²) < 4.78 is 13.0. The summed E-state index contributed by atoms with van der Waals surface area (Å²) in [5.74, 6) is 0.590. The third kappa shape index (κ3) is 4.52. The van der Waals surface area contributed by atoms with Gasteiger partial charge in [-0.15, -0.1) is 10.2 Å². The van der Waals surface area contributed by atoms with E-state index in [2.05, 4.69) is 26.9 Å². The molecule has 1 atom stereocenters. The average Bonchev–Trinajstić information content (AvgIpc) is 2.54. The highest BCUT2D eigenvalue weighted by Crippen LogP contribution is 2.22. The molecule has 1 aromatic heterocycles. The molecule has 1 saturated heterocycles. The number of anilines is 1. The smallest absolute Gasteiger partial charge is 0.151 e. The van der Waals surface area contributed by atoms with Gasteiger partial charge >= 0.3 is 0 Å². The van der Waals surface area contributed by atoms with E-state index in [0.717, 1.165) is 36.7 Å². The largest absolute Gasteiger partial charge is 0.389 e. The van der Waals surface area contributed by atoms with E-state index >= 15 is 0 Å². The minimum atomic E-state index is -0.682. The maximum absolute atomic E-state index is 13.0. The molecule has 0 radical (unpaired) electrons. The SMILES string of the molecule is CC1CN(CC(C)(C)O)CCN1c1ccc(-c2ccc(F)cc2)nn1. The van der Waals surface area contributed by atoms with Crippen molar-refractivity contribution in [1.82, 2.24) is 15.1 Å². The van der Waals surface area contributed by atoms with Crippen LogP contribution in [-0.4, -0.2) is 58.0 Å². The lowest BCUT2D eigenvalue weighted by atomic mass is 10.1. The molecule has 0 amide bonds. The molecule has 0 spiro atoms. The first kappa shape index (κ1) is 17.8. The highest BCUT2D eigenvalue weighted by Gasteiger charge is 2.28. The molecule has 1 aliphatic heterocycles. The van der Waals surface area contributed by atoms with Crippen LogP contribution in [0.1, 0.15) is 20.8 Å². The average molecular weight is 344 g/mol. The molecule has 0 saturated carbocycles. The second-order valence-corrected chi connectivity index (χ2v) is 7.37. The van der Waals surface area contributed by atoms with E-state index in [1.54, 1.807) is 12.1 Å². The van der Waals surface area contributed by atoms with Crippen LogP contribution < -0.4 is 4.90 Å². The summed E-state index contributed by atoms with van der Waals surface area (Å²) >= 11 is 0. The first-order valence-electron chi connectivity index (χ1n) is 8.63. The summed E-state index contributed by atoms with van der Waals surface area (Å²) in [7, 11) is 0. The van der Waals surface area contributed by atoms with Gasteiger partial charge in [0.2, 0.25) is 0 Å². The van der Waals surface area contributed by atoms with Crippen molar-refractivity contribution in [1.29, 1.82) is 0 Å². The van der Waals surface area contributed by atoms with Crippen molar-refractivity contribution in [3.05, 3.63) is 42.2 Å². The van der Waals surface area contributed by atoms with Gasteiger partial charge in [-0.05, 0) is 57.2 Å². The number of nitrogens with zero attached hydrogens (tertiary/aromatic N) is 4. The molecule has 1 N–H and O–H groups in total. The lowest BCUT2D eigenvalue weighted by Crippen LogP contribution is -2.55. The van der Waals surface area contributed by atoms with Gasteiger partial charge in [0.05, 0.1) is 11.3 Å². The highest BCUT2D eigenvalue weighted by atomic mass is 19.1. The topological polar surface area (TPSA) is 52.5 Å². The van der Waals surface area contributed by atoms with E-state index in [-0.39, 0.29) is 5.82 Å². The van der Waals surface area contributed by atoms with Gasteiger partial charge in [-0.2, -0.15) is 0 Å². The summed E-state index contributed by atoms with van der Waals surface area (Å²) in [5.41, 5.74) is 0.902. The van der Waals surface area contributed by atoms with Crippen LogP contribution in [0.4, 0.5) is 10.2 Å². The van der Waals surface area contributed by atoms with Gasteiger partial charge in [0.25, 0.3) is 0 Å². The molecule has 0 bridgehead atoms. The van der Waals surface area contributed by atoms with Crippen LogP contribution in [-0.2, 0) is 0 Å². The summed E-state index contributed by atoms with van der Waals surface area (Å²) in [4.78, 5) is 4.52. The number of rotatable bonds is 4. The Morgan fingerprint density at radius 2 is 1.84 bits per heavy atom.